The lowest BCUT2D eigenvalue weighted by Crippen LogP contribution is -2.38. The molecule has 1 aliphatic heterocycles. The summed E-state index contributed by atoms with van der Waals surface area (Å²) in [5, 5.41) is 0. The molecule has 3 aromatic rings. The van der Waals surface area contributed by atoms with Crippen molar-refractivity contribution >= 4 is 23.7 Å². The van der Waals surface area contributed by atoms with Crippen LogP contribution in [-0.4, -0.2) is 63.8 Å². The first kappa shape index (κ1) is 22.9. The number of hydrogen-bond donors (Lipinski definition) is 0. The van der Waals surface area contributed by atoms with Gasteiger partial charge in [0.05, 0.1) is 18.8 Å². The van der Waals surface area contributed by atoms with Crippen LogP contribution in [0.25, 0.3) is 16.9 Å². The van der Waals surface area contributed by atoms with Gasteiger partial charge in [0.25, 0.3) is 0 Å². The van der Waals surface area contributed by atoms with Gasteiger partial charge in [-0.25, -0.2) is 23.9 Å². The van der Waals surface area contributed by atoms with Crippen LogP contribution in [0.5, 0.6) is 0 Å². The number of hydrogen-bond acceptors (Lipinski definition) is 7. The predicted molar refractivity (Wildman–Crippen MR) is 119 cm³/mol. The molecular formula is C23H22FN5O5. The van der Waals surface area contributed by atoms with Gasteiger partial charge in [0.15, 0.2) is 11.9 Å². The fraction of sp³-hybridized carbons (Fsp3) is 0.261. The zero-order chi connectivity index (χ0) is 24.4. The van der Waals surface area contributed by atoms with Crippen LogP contribution in [-0.2, 0) is 14.3 Å². The Balaban J connectivity index is 1.51. The maximum atomic E-state index is 15.0. The number of esters is 1. The molecule has 34 heavy (non-hydrogen) atoms. The predicted octanol–water partition coefficient (Wildman–Crippen LogP) is 3.01. The zero-order valence-electron chi connectivity index (χ0n) is 18.8. The number of halogens is 1. The van der Waals surface area contributed by atoms with Crippen molar-refractivity contribution in [1.29, 1.82) is 0 Å². The van der Waals surface area contributed by atoms with E-state index in [2.05, 4.69) is 9.97 Å². The first-order valence-corrected chi connectivity index (χ1v) is 10.5. The number of nitrogens with zero attached hydrogens (tertiary/aromatic N) is 5. The van der Waals surface area contributed by atoms with Crippen molar-refractivity contribution in [2.45, 2.75) is 20.1 Å². The Morgan fingerprint density at radius 1 is 1.26 bits per heavy atom. The van der Waals surface area contributed by atoms with Gasteiger partial charge in [0.2, 0.25) is 5.91 Å². The molecule has 11 heteroatoms. The highest BCUT2D eigenvalue weighted by Gasteiger charge is 2.36. The molecule has 1 aliphatic rings. The van der Waals surface area contributed by atoms with Crippen molar-refractivity contribution in [2.24, 2.45) is 0 Å². The number of imidazole rings is 1. The number of anilines is 1. The lowest BCUT2D eigenvalue weighted by atomic mass is 10.1. The topological polar surface area (TPSA) is 107 Å². The molecule has 0 N–H and O–H groups in total. The Morgan fingerprint density at radius 3 is 2.71 bits per heavy atom. The molecule has 1 fully saturated rings. The van der Waals surface area contributed by atoms with Crippen molar-refractivity contribution in [3.8, 4) is 16.9 Å². The maximum Gasteiger partial charge on any atom is 0.416 e. The monoisotopic (exact) mass is 467 g/mol. The molecule has 4 rings (SSSR count). The number of pyridine rings is 1. The molecule has 1 saturated heterocycles. The molecule has 0 spiro atoms. The first-order chi connectivity index (χ1) is 16.3. The highest BCUT2D eigenvalue weighted by molar-refractivity contribution is 5.90. The lowest BCUT2D eigenvalue weighted by Gasteiger charge is -2.20. The van der Waals surface area contributed by atoms with E-state index in [4.69, 9.17) is 9.47 Å². The first-order valence-electron chi connectivity index (χ1n) is 10.5. The Kier molecular flexibility index (Phi) is 6.26. The number of amides is 2. The smallest absolute Gasteiger partial charge is 0.416 e. The van der Waals surface area contributed by atoms with E-state index in [1.807, 2.05) is 0 Å². The van der Waals surface area contributed by atoms with E-state index in [1.165, 1.54) is 48.6 Å². The van der Waals surface area contributed by atoms with Crippen LogP contribution in [0.1, 0.15) is 24.3 Å². The molecule has 10 nitrogen and oxygen atoms in total. The zero-order valence-corrected chi connectivity index (χ0v) is 18.8. The molecule has 0 saturated carbocycles. The van der Waals surface area contributed by atoms with Crippen LogP contribution in [0.15, 0.2) is 49.1 Å². The maximum absolute atomic E-state index is 15.0. The third-order valence-electron chi connectivity index (χ3n) is 5.38. The number of carbonyl (C=O) groups excluding carboxylic acids is 3. The second-order valence-corrected chi connectivity index (χ2v) is 7.53. The lowest BCUT2D eigenvalue weighted by molar-refractivity contribution is -0.134. The highest BCUT2D eigenvalue weighted by Crippen LogP contribution is 2.29. The summed E-state index contributed by atoms with van der Waals surface area (Å²) in [6.07, 6.45) is 3.05. The van der Waals surface area contributed by atoms with Gasteiger partial charge in [-0.05, 0) is 37.3 Å². The number of ether oxygens (including phenoxy) is 2. The van der Waals surface area contributed by atoms with Crippen molar-refractivity contribution < 1.29 is 28.2 Å². The van der Waals surface area contributed by atoms with E-state index < -0.39 is 24.1 Å². The Hall–Kier alpha value is -4.28. The molecule has 1 aromatic carbocycles. The van der Waals surface area contributed by atoms with Crippen LogP contribution in [0, 0.1) is 5.82 Å². The van der Waals surface area contributed by atoms with Gasteiger partial charge in [0, 0.05) is 37.5 Å². The minimum Gasteiger partial charge on any atom is -0.461 e. The summed E-state index contributed by atoms with van der Waals surface area (Å²) in [4.78, 5) is 46.5. The average molecular weight is 467 g/mol. The van der Waals surface area contributed by atoms with Crippen LogP contribution in [0.3, 0.4) is 0 Å². The Labute approximate surface area is 194 Å². The Morgan fingerprint density at radius 2 is 2.06 bits per heavy atom. The van der Waals surface area contributed by atoms with Crippen molar-refractivity contribution in [1.82, 2.24) is 19.4 Å². The number of likely N-dealkylation sites (N-methyl/N-ethyl adjacent to an activating group) is 1. The van der Waals surface area contributed by atoms with E-state index in [9.17, 15) is 18.8 Å². The summed E-state index contributed by atoms with van der Waals surface area (Å²) in [7, 11) is 1.53. The number of rotatable bonds is 6. The van der Waals surface area contributed by atoms with Crippen LogP contribution >= 0.6 is 0 Å². The van der Waals surface area contributed by atoms with Gasteiger partial charge in [-0.15, -0.1) is 0 Å². The molecule has 2 amide bonds. The SMILES string of the molecule is CCOC(=O)c1cn(-c2ccc(-c3ccc(N4C[C@@H](N(C)C(C)=O)OC4=O)cc3F)cn2)cn1. The third kappa shape index (κ3) is 4.45. The molecular weight excluding hydrogens is 445 g/mol. The second-order valence-electron chi connectivity index (χ2n) is 7.53. The molecule has 2 aromatic heterocycles. The average Bonchev–Trinajstić information content (AvgIpc) is 3.46. The van der Waals surface area contributed by atoms with Crippen LogP contribution in [0.2, 0.25) is 0 Å². The van der Waals surface area contributed by atoms with E-state index >= 15 is 0 Å². The van der Waals surface area contributed by atoms with E-state index in [-0.39, 0.29) is 24.8 Å². The third-order valence-corrected chi connectivity index (χ3v) is 5.38. The number of carbonyl (C=O) groups is 3. The highest BCUT2D eigenvalue weighted by atomic mass is 19.1. The fourth-order valence-electron chi connectivity index (χ4n) is 3.43. The van der Waals surface area contributed by atoms with E-state index in [1.54, 1.807) is 35.8 Å². The molecule has 0 aliphatic carbocycles. The largest absolute Gasteiger partial charge is 0.461 e. The van der Waals surface area contributed by atoms with Crippen molar-refractivity contribution in [3.05, 3.63) is 60.6 Å². The molecule has 0 radical (unpaired) electrons. The summed E-state index contributed by atoms with van der Waals surface area (Å²) < 4.78 is 26.6. The molecule has 0 bridgehead atoms. The normalized spacial score (nSPS) is 15.2. The minimum absolute atomic E-state index is 0.0998. The number of cyclic esters (lactones) is 1. The van der Waals surface area contributed by atoms with Crippen LogP contribution in [0.4, 0.5) is 14.9 Å². The molecule has 3 heterocycles. The second kappa shape index (κ2) is 9.30. The summed E-state index contributed by atoms with van der Waals surface area (Å²) >= 11 is 0. The van der Waals surface area contributed by atoms with Crippen LogP contribution < -0.4 is 4.90 Å². The van der Waals surface area contributed by atoms with Gasteiger partial charge in [-0.2, -0.15) is 0 Å². The number of aromatic nitrogens is 3. The quantitative estimate of drug-likeness (QED) is 0.513. The summed E-state index contributed by atoms with van der Waals surface area (Å²) in [5.41, 5.74) is 1.30. The number of benzene rings is 1. The van der Waals surface area contributed by atoms with E-state index in [0.717, 1.165) is 0 Å². The van der Waals surface area contributed by atoms with Crippen molar-refractivity contribution in [3.63, 3.8) is 0 Å². The summed E-state index contributed by atoms with van der Waals surface area (Å²) in [6, 6.07) is 7.74. The van der Waals surface area contributed by atoms with Gasteiger partial charge in [-0.3, -0.25) is 14.3 Å². The fourth-order valence-corrected chi connectivity index (χ4v) is 3.43. The summed E-state index contributed by atoms with van der Waals surface area (Å²) in [6.45, 7) is 3.43. The molecule has 0 unspecified atom stereocenters. The molecule has 1 atom stereocenters. The minimum atomic E-state index is -0.739. The van der Waals surface area contributed by atoms with Gasteiger partial charge >= 0.3 is 12.1 Å². The summed E-state index contributed by atoms with van der Waals surface area (Å²) in [5.74, 6) is -0.828. The van der Waals surface area contributed by atoms with Gasteiger partial charge < -0.3 is 14.4 Å². The van der Waals surface area contributed by atoms with Gasteiger partial charge in [0.1, 0.15) is 18.0 Å². The van der Waals surface area contributed by atoms with E-state index in [0.29, 0.717) is 22.6 Å². The molecule has 176 valence electrons. The Bertz CT molecular complexity index is 1240. The van der Waals surface area contributed by atoms with Gasteiger partial charge in [-0.1, -0.05) is 0 Å². The van der Waals surface area contributed by atoms with Crippen molar-refractivity contribution in [2.75, 3.05) is 25.1 Å². The standard InChI is InChI=1S/C23H22FN5O5/c1-4-33-22(31)19-11-28(13-26-19)20-8-5-15(10-25-20)17-7-6-16(9-18(17)24)29-12-21(34-23(29)32)27(3)14(2)30/h5-11,13,21H,4,12H2,1-3H3/t21-/m0/s1.